The Labute approximate surface area is 125 Å². The largest absolute Gasteiger partial charge is 0.478 e. The normalized spacial score (nSPS) is 20.1. The molecule has 1 fully saturated rings. The highest BCUT2D eigenvalue weighted by Gasteiger charge is 2.29. The molecular formula is C16H23FN2O2. The van der Waals surface area contributed by atoms with E-state index < -0.39 is 11.9 Å². The fourth-order valence-corrected chi connectivity index (χ4v) is 2.62. The van der Waals surface area contributed by atoms with Gasteiger partial charge in [-0.25, -0.2) is 4.39 Å². The van der Waals surface area contributed by atoms with Crippen molar-refractivity contribution >= 4 is 5.91 Å². The molecule has 0 radical (unpaired) electrons. The van der Waals surface area contributed by atoms with Crippen LogP contribution in [0.1, 0.15) is 26.2 Å². The van der Waals surface area contributed by atoms with Crippen LogP contribution in [-0.2, 0) is 4.79 Å². The zero-order valence-electron chi connectivity index (χ0n) is 12.6. The number of benzene rings is 1. The molecular weight excluding hydrogens is 271 g/mol. The molecule has 1 aromatic carbocycles. The van der Waals surface area contributed by atoms with E-state index in [9.17, 15) is 9.18 Å². The van der Waals surface area contributed by atoms with E-state index in [0.29, 0.717) is 19.0 Å². The Kier molecular flexibility index (Phi) is 5.56. The number of halogens is 1. The Balaban J connectivity index is 2.03. The van der Waals surface area contributed by atoms with Gasteiger partial charge in [-0.1, -0.05) is 19.1 Å². The Bertz CT molecular complexity index is 481. The fraction of sp³-hybridized carbons (Fsp3) is 0.562. The van der Waals surface area contributed by atoms with Gasteiger partial charge >= 0.3 is 0 Å². The van der Waals surface area contributed by atoms with Gasteiger partial charge in [-0.3, -0.25) is 4.79 Å². The standard InChI is InChI=1S/C16H23FN2O2/c1-3-14(21-15-9-5-4-8-13(15)17)16(20)19-10-6-7-12(11-19)18-2/h4-5,8-9,12,14,18H,3,6-7,10-11H2,1-2H3/t12-,14-/m0/s1. The van der Waals surface area contributed by atoms with Gasteiger partial charge < -0.3 is 15.0 Å². The van der Waals surface area contributed by atoms with Gasteiger partial charge in [0.2, 0.25) is 0 Å². The van der Waals surface area contributed by atoms with Crippen LogP contribution in [-0.4, -0.2) is 43.1 Å². The lowest BCUT2D eigenvalue weighted by molar-refractivity contribution is -0.140. The van der Waals surface area contributed by atoms with Crippen LogP contribution in [0.4, 0.5) is 4.39 Å². The van der Waals surface area contributed by atoms with E-state index in [0.717, 1.165) is 19.4 Å². The van der Waals surface area contributed by atoms with Crippen LogP contribution >= 0.6 is 0 Å². The Morgan fingerprint density at radius 2 is 2.29 bits per heavy atom. The molecule has 21 heavy (non-hydrogen) atoms. The smallest absolute Gasteiger partial charge is 0.263 e. The summed E-state index contributed by atoms with van der Waals surface area (Å²) in [6.07, 6.45) is 1.95. The first-order valence-electron chi connectivity index (χ1n) is 7.53. The van der Waals surface area contributed by atoms with Gasteiger partial charge in [0, 0.05) is 19.1 Å². The maximum absolute atomic E-state index is 13.6. The summed E-state index contributed by atoms with van der Waals surface area (Å²) in [6.45, 7) is 3.31. The maximum Gasteiger partial charge on any atom is 0.263 e. The first-order valence-corrected chi connectivity index (χ1v) is 7.53. The molecule has 2 rings (SSSR count). The second-order valence-corrected chi connectivity index (χ2v) is 5.36. The number of likely N-dealkylation sites (N-methyl/N-ethyl adjacent to an activating group) is 1. The number of rotatable bonds is 5. The summed E-state index contributed by atoms with van der Waals surface area (Å²) < 4.78 is 19.2. The van der Waals surface area contributed by atoms with Crippen molar-refractivity contribution in [1.29, 1.82) is 0 Å². The molecule has 0 bridgehead atoms. The average molecular weight is 294 g/mol. The van der Waals surface area contributed by atoms with Gasteiger partial charge in [0.25, 0.3) is 5.91 Å². The molecule has 1 N–H and O–H groups in total. The van der Waals surface area contributed by atoms with Gasteiger partial charge in [-0.2, -0.15) is 0 Å². The Hall–Kier alpha value is -1.62. The van der Waals surface area contributed by atoms with Crippen molar-refractivity contribution < 1.29 is 13.9 Å². The van der Waals surface area contributed by atoms with Gasteiger partial charge in [0.15, 0.2) is 17.7 Å². The highest BCUT2D eigenvalue weighted by atomic mass is 19.1. The molecule has 1 amide bonds. The molecule has 0 aromatic heterocycles. The number of nitrogens with one attached hydrogen (secondary N) is 1. The molecule has 0 spiro atoms. The van der Waals surface area contributed by atoms with Crippen molar-refractivity contribution in [3.63, 3.8) is 0 Å². The maximum atomic E-state index is 13.6. The van der Waals surface area contributed by atoms with E-state index in [-0.39, 0.29) is 11.7 Å². The van der Waals surface area contributed by atoms with E-state index in [1.807, 2.05) is 18.9 Å². The van der Waals surface area contributed by atoms with E-state index in [4.69, 9.17) is 4.74 Å². The number of hydrogen-bond acceptors (Lipinski definition) is 3. The first kappa shape index (κ1) is 15.8. The molecule has 4 nitrogen and oxygen atoms in total. The number of para-hydroxylation sites is 1. The first-order chi connectivity index (χ1) is 10.2. The second kappa shape index (κ2) is 7.41. The highest BCUT2D eigenvalue weighted by Crippen LogP contribution is 2.20. The van der Waals surface area contributed by atoms with Crippen molar-refractivity contribution in [3.8, 4) is 5.75 Å². The van der Waals surface area contributed by atoms with E-state index in [1.165, 1.54) is 6.07 Å². The number of hydrogen-bond donors (Lipinski definition) is 1. The van der Waals surface area contributed by atoms with E-state index >= 15 is 0 Å². The lowest BCUT2D eigenvalue weighted by atomic mass is 10.0. The zero-order chi connectivity index (χ0) is 15.2. The quantitative estimate of drug-likeness (QED) is 0.905. The van der Waals surface area contributed by atoms with Gasteiger partial charge in [0.1, 0.15) is 0 Å². The Morgan fingerprint density at radius 3 is 2.95 bits per heavy atom. The van der Waals surface area contributed by atoms with Crippen LogP contribution in [0.15, 0.2) is 24.3 Å². The summed E-state index contributed by atoms with van der Waals surface area (Å²) in [4.78, 5) is 14.4. The molecule has 116 valence electrons. The van der Waals surface area contributed by atoms with Crippen molar-refractivity contribution in [2.75, 3.05) is 20.1 Å². The van der Waals surface area contributed by atoms with Crippen LogP contribution in [0.25, 0.3) is 0 Å². The van der Waals surface area contributed by atoms with Gasteiger partial charge in [-0.15, -0.1) is 0 Å². The number of ether oxygens (including phenoxy) is 1. The third kappa shape index (κ3) is 3.94. The van der Waals surface area contributed by atoms with Crippen molar-refractivity contribution in [2.45, 2.75) is 38.3 Å². The number of amides is 1. The van der Waals surface area contributed by atoms with E-state index in [2.05, 4.69) is 5.32 Å². The molecule has 1 heterocycles. The number of piperidine rings is 1. The second-order valence-electron chi connectivity index (χ2n) is 5.36. The van der Waals surface area contributed by atoms with Crippen molar-refractivity contribution in [3.05, 3.63) is 30.1 Å². The van der Waals surface area contributed by atoms with Crippen LogP contribution in [0, 0.1) is 5.82 Å². The summed E-state index contributed by atoms with van der Waals surface area (Å²) >= 11 is 0. The summed E-state index contributed by atoms with van der Waals surface area (Å²) in [5, 5.41) is 3.21. The molecule has 1 aliphatic rings. The average Bonchev–Trinajstić information content (AvgIpc) is 2.53. The zero-order valence-corrected chi connectivity index (χ0v) is 12.6. The highest BCUT2D eigenvalue weighted by molar-refractivity contribution is 5.81. The molecule has 0 unspecified atom stereocenters. The van der Waals surface area contributed by atoms with Crippen LogP contribution in [0.3, 0.4) is 0 Å². The lowest BCUT2D eigenvalue weighted by Crippen LogP contribution is -2.51. The minimum atomic E-state index is -0.627. The molecule has 0 aliphatic carbocycles. The summed E-state index contributed by atoms with van der Waals surface area (Å²) in [5.41, 5.74) is 0. The third-order valence-corrected chi connectivity index (χ3v) is 3.89. The number of nitrogens with zero attached hydrogens (tertiary/aromatic N) is 1. The molecule has 0 saturated carbocycles. The summed E-state index contributed by atoms with van der Waals surface area (Å²) in [5.74, 6) is -0.351. The lowest BCUT2D eigenvalue weighted by Gasteiger charge is -2.34. The number of carbonyl (C=O) groups is 1. The summed E-state index contributed by atoms with van der Waals surface area (Å²) in [6, 6.07) is 6.52. The van der Waals surface area contributed by atoms with Crippen LogP contribution in [0.2, 0.25) is 0 Å². The third-order valence-electron chi connectivity index (χ3n) is 3.89. The molecule has 1 aliphatic heterocycles. The minimum Gasteiger partial charge on any atom is -0.478 e. The predicted octanol–water partition coefficient (Wildman–Crippen LogP) is 2.19. The van der Waals surface area contributed by atoms with Gasteiger partial charge in [0.05, 0.1) is 0 Å². The SMILES string of the molecule is CC[C@H](Oc1ccccc1F)C(=O)N1CCC[C@H](NC)C1. The van der Waals surface area contributed by atoms with Crippen molar-refractivity contribution in [2.24, 2.45) is 0 Å². The van der Waals surface area contributed by atoms with Crippen molar-refractivity contribution in [1.82, 2.24) is 10.2 Å². The number of carbonyl (C=O) groups excluding carboxylic acids is 1. The molecule has 2 atom stereocenters. The van der Waals surface area contributed by atoms with E-state index in [1.54, 1.807) is 18.2 Å². The molecule has 5 heteroatoms. The topological polar surface area (TPSA) is 41.6 Å². The van der Waals surface area contributed by atoms with Crippen LogP contribution in [0.5, 0.6) is 5.75 Å². The molecule has 1 aromatic rings. The number of likely N-dealkylation sites (tertiary alicyclic amines) is 1. The van der Waals surface area contributed by atoms with Gasteiger partial charge in [-0.05, 0) is 38.4 Å². The predicted molar refractivity (Wildman–Crippen MR) is 79.8 cm³/mol. The summed E-state index contributed by atoms with van der Waals surface area (Å²) in [7, 11) is 1.91. The van der Waals surface area contributed by atoms with Crippen LogP contribution < -0.4 is 10.1 Å². The monoisotopic (exact) mass is 294 g/mol. The Morgan fingerprint density at radius 1 is 1.52 bits per heavy atom. The minimum absolute atomic E-state index is 0.0549. The fourth-order valence-electron chi connectivity index (χ4n) is 2.62. The molecule has 1 saturated heterocycles.